The van der Waals surface area contributed by atoms with Crippen LogP contribution in [0.25, 0.3) is 0 Å². The molecule has 1 aromatic carbocycles. The molecule has 1 aliphatic rings. The molecule has 1 N–H and O–H groups in total. The Kier molecular flexibility index (Phi) is 4.57. The zero-order chi connectivity index (χ0) is 14.0. The van der Waals surface area contributed by atoms with Crippen molar-refractivity contribution < 1.29 is 0 Å². The largest absolute Gasteiger partial charge is 0.369 e. The van der Waals surface area contributed by atoms with Crippen LogP contribution >= 0.6 is 15.9 Å². The summed E-state index contributed by atoms with van der Waals surface area (Å²) in [7, 11) is 0. The van der Waals surface area contributed by atoms with Crippen molar-refractivity contribution in [2.75, 3.05) is 24.5 Å². The first-order chi connectivity index (χ1) is 8.89. The molecule has 0 aliphatic carbocycles. The first-order valence-electron chi connectivity index (χ1n) is 7.13. The Bertz CT molecular complexity index is 437. The smallest absolute Gasteiger partial charge is 0.0513 e. The van der Waals surface area contributed by atoms with Crippen molar-refractivity contribution in [1.29, 1.82) is 0 Å². The summed E-state index contributed by atoms with van der Waals surface area (Å²) in [6, 6.07) is 7.06. The lowest BCUT2D eigenvalue weighted by Crippen LogP contribution is -2.46. The number of nitrogens with zero attached hydrogens (tertiary/aromatic N) is 1. The molecule has 2 rings (SSSR count). The molecule has 1 unspecified atom stereocenters. The first kappa shape index (κ1) is 14.9. The predicted molar refractivity (Wildman–Crippen MR) is 87.0 cm³/mol. The Morgan fingerprint density at radius 2 is 2.05 bits per heavy atom. The van der Waals surface area contributed by atoms with Gasteiger partial charge in [0.05, 0.1) is 5.69 Å². The van der Waals surface area contributed by atoms with Crippen molar-refractivity contribution in [3.63, 3.8) is 0 Å². The highest BCUT2D eigenvalue weighted by atomic mass is 79.9. The number of benzene rings is 1. The SMILES string of the molecule is Cc1cccc(N2CCCNC(C(C)(C)C)C2)c1Br. The zero-order valence-electron chi connectivity index (χ0n) is 12.5. The molecular formula is C16H25BrN2. The van der Waals surface area contributed by atoms with Gasteiger partial charge in [0.15, 0.2) is 0 Å². The molecule has 106 valence electrons. The van der Waals surface area contributed by atoms with Crippen LogP contribution in [0.1, 0.15) is 32.8 Å². The van der Waals surface area contributed by atoms with Gasteiger partial charge in [-0.15, -0.1) is 0 Å². The van der Waals surface area contributed by atoms with Crippen LogP contribution in [-0.2, 0) is 0 Å². The van der Waals surface area contributed by atoms with E-state index in [2.05, 4.69) is 72.0 Å². The second-order valence-electron chi connectivity index (χ2n) is 6.58. The molecule has 1 fully saturated rings. The van der Waals surface area contributed by atoms with Crippen LogP contribution in [0, 0.1) is 12.3 Å². The highest BCUT2D eigenvalue weighted by Crippen LogP contribution is 2.31. The lowest BCUT2D eigenvalue weighted by molar-refractivity contribution is 0.280. The van der Waals surface area contributed by atoms with E-state index in [1.807, 2.05) is 0 Å². The fraction of sp³-hybridized carbons (Fsp3) is 0.625. The molecule has 0 radical (unpaired) electrons. The zero-order valence-corrected chi connectivity index (χ0v) is 14.0. The van der Waals surface area contributed by atoms with Crippen molar-refractivity contribution in [2.45, 2.75) is 40.2 Å². The molecule has 0 saturated carbocycles. The van der Waals surface area contributed by atoms with E-state index in [0.717, 1.165) is 19.6 Å². The molecule has 2 nitrogen and oxygen atoms in total. The Labute approximate surface area is 125 Å². The third-order valence-corrected chi connectivity index (χ3v) is 4.99. The molecule has 1 aromatic rings. The van der Waals surface area contributed by atoms with Crippen LogP contribution in [0.2, 0.25) is 0 Å². The van der Waals surface area contributed by atoms with Crippen molar-refractivity contribution in [2.24, 2.45) is 5.41 Å². The minimum Gasteiger partial charge on any atom is -0.369 e. The minimum absolute atomic E-state index is 0.291. The number of halogens is 1. The van der Waals surface area contributed by atoms with E-state index in [-0.39, 0.29) is 0 Å². The van der Waals surface area contributed by atoms with Gasteiger partial charge in [0, 0.05) is 23.6 Å². The molecule has 3 heteroatoms. The summed E-state index contributed by atoms with van der Waals surface area (Å²) in [5.41, 5.74) is 2.93. The van der Waals surface area contributed by atoms with Gasteiger partial charge in [0.1, 0.15) is 0 Å². The van der Waals surface area contributed by atoms with Crippen molar-refractivity contribution in [3.05, 3.63) is 28.2 Å². The molecule has 0 bridgehead atoms. The van der Waals surface area contributed by atoms with E-state index in [1.54, 1.807) is 0 Å². The normalized spacial score (nSPS) is 21.3. The Balaban J connectivity index is 2.25. The summed E-state index contributed by atoms with van der Waals surface area (Å²) in [5, 5.41) is 3.70. The number of hydrogen-bond acceptors (Lipinski definition) is 2. The number of hydrogen-bond donors (Lipinski definition) is 1. The summed E-state index contributed by atoms with van der Waals surface area (Å²) in [5.74, 6) is 0. The fourth-order valence-electron chi connectivity index (χ4n) is 2.60. The third kappa shape index (κ3) is 3.51. The second kappa shape index (κ2) is 5.84. The van der Waals surface area contributed by atoms with Gasteiger partial charge < -0.3 is 10.2 Å². The minimum atomic E-state index is 0.291. The molecule has 1 heterocycles. The average molecular weight is 325 g/mol. The van der Waals surface area contributed by atoms with E-state index >= 15 is 0 Å². The topological polar surface area (TPSA) is 15.3 Å². The second-order valence-corrected chi connectivity index (χ2v) is 7.37. The lowest BCUT2D eigenvalue weighted by atomic mass is 9.86. The van der Waals surface area contributed by atoms with Crippen LogP contribution in [0.3, 0.4) is 0 Å². The van der Waals surface area contributed by atoms with E-state index < -0.39 is 0 Å². The van der Waals surface area contributed by atoms with Gasteiger partial charge in [-0.1, -0.05) is 32.9 Å². The van der Waals surface area contributed by atoms with Gasteiger partial charge in [0.25, 0.3) is 0 Å². The number of aryl methyl sites for hydroxylation is 1. The molecule has 19 heavy (non-hydrogen) atoms. The summed E-state index contributed by atoms with van der Waals surface area (Å²) >= 11 is 3.75. The molecular weight excluding hydrogens is 300 g/mol. The molecule has 1 saturated heterocycles. The maximum Gasteiger partial charge on any atom is 0.0513 e. The van der Waals surface area contributed by atoms with Crippen LogP contribution in [-0.4, -0.2) is 25.7 Å². The molecule has 0 aromatic heterocycles. The van der Waals surface area contributed by atoms with E-state index in [0.29, 0.717) is 11.5 Å². The molecule has 0 spiro atoms. The van der Waals surface area contributed by atoms with Gasteiger partial charge in [-0.2, -0.15) is 0 Å². The van der Waals surface area contributed by atoms with Crippen molar-refractivity contribution in [1.82, 2.24) is 5.32 Å². The third-order valence-electron chi connectivity index (χ3n) is 3.96. The Morgan fingerprint density at radius 1 is 1.32 bits per heavy atom. The summed E-state index contributed by atoms with van der Waals surface area (Å²) < 4.78 is 1.24. The van der Waals surface area contributed by atoms with Gasteiger partial charge in [0.2, 0.25) is 0 Å². The highest BCUT2D eigenvalue weighted by Gasteiger charge is 2.28. The molecule has 1 atom stereocenters. The summed E-state index contributed by atoms with van der Waals surface area (Å²) in [4.78, 5) is 2.52. The van der Waals surface area contributed by atoms with Crippen molar-refractivity contribution >= 4 is 21.6 Å². The monoisotopic (exact) mass is 324 g/mol. The first-order valence-corrected chi connectivity index (χ1v) is 7.92. The van der Waals surface area contributed by atoms with E-state index in [4.69, 9.17) is 0 Å². The molecule has 0 amide bonds. The highest BCUT2D eigenvalue weighted by molar-refractivity contribution is 9.10. The maximum atomic E-state index is 3.75. The lowest BCUT2D eigenvalue weighted by Gasteiger charge is -2.35. The van der Waals surface area contributed by atoms with Gasteiger partial charge in [-0.3, -0.25) is 0 Å². The summed E-state index contributed by atoms with van der Waals surface area (Å²) in [6.45, 7) is 12.4. The number of nitrogens with one attached hydrogen (secondary N) is 1. The standard InChI is InChI=1S/C16H25BrN2/c1-12-7-5-8-13(15(12)17)19-10-6-9-18-14(11-19)16(2,3)4/h5,7-8,14,18H,6,9-11H2,1-4H3. The predicted octanol–water partition coefficient (Wildman–Crippen LogP) is 3.97. The maximum absolute atomic E-state index is 3.75. The van der Waals surface area contributed by atoms with Crippen LogP contribution in [0.4, 0.5) is 5.69 Å². The Hall–Kier alpha value is -0.540. The van der Waals surface area contributed by atoms with Crippen molar-refractivity contribution in [3.8, 4) is 0 Å². The van der Waals surface area contributed by atoms with Gasteiger partial charge in [-0.05, 0) is 52.9 Å². The summed E-state index contributed by atoms with van der Waals surface area (Å²) in [6.07, 6.45) is 1.20. The van der Waals surface area contributed by atoms with Gasteiger partial charge in [-0.25, -0.2) is 0 Å². The van der Waals surface area contributed by atoms with E-state index in [9.17, 15) is 0 Å². The van der Waals surface area contributed by atoms with Crippen LogP contribution < -0.4 is 10.2 Å². The number of rotatable bonds is 1. The molecule has 1 aliphatic heterocycles. The number of anilines is 1. The van der Waals surface area contributed by atoms with Gasteiger partial charge >= 0.3 is 0 Å². The average Bonchev–Trinajstić information content (AvgIpc) is 2.58. The Morgan fingerprint density at radius 3 is 2.74 bits per heavy atom. The van der Waals surface area contributed by atoms with E-state index in [1.165, 1.54) is 22.1 Å². The van der Waals surface area contributed by atoms with Crippen LogP contribution in [0.15, 0.2) is 22.7 Å². The van der Waals surface area contributed by atoms with Crippen LogP contribution in [0.5, 0.6) is 0 Å². The quantitative estimate of drug-likeness (QED) is 0.840. The fourth-order valence-corrected chi connectivity index (χ4v) is 3.11.